The van der Waals surface area contributed by atoms with E-state index in [2.05, 4.69) is 0 Å². The fraction of sp³-hybridized carbons (Fsp3) is 0.562. The zero-order chi connectivity index (χ0) is 16.6. The zero-order valence-electron chi connectivity index (χ0n) is 13.5. The van der Waals surface area contributed by atoms with Crippen LogP contribution >= 0.6 is 0 Å². The highest BCUT2D eigenvalue weighted by Gasteiger charge is 2.34. The van der Waals surface area contributed by atoms with Crippen molar-refractivity contribution in [2.45, 2.75) is 32.3 Å². The third-order valence-corrected chi connectivity index (χ3v) is 5.52. The van der Waals surface area contributed by atoms with Crippen LogP contribution in [0.4, 0.5) is 5.69 Å². The number of anilines is 1. The molecule has 0 aromatic heterocycles. The Morgan fingerprint density at radius 2 is 1.91 bits per heavy atom. The monoisotopic (exact) mass is 338 g/mol. The highest BCUT2D eigenvalue weighted by molar-refractivity contribution is 7.92. The van der Waals surface area contributed by atoms with Crippen molar-refractivity contribution in [2.75, 3.05) is 30.2 Å². The van der Waals surface area contributed by atoms with Crippen molar-refractivity contribution in [3.05, 3.63) is 23.8 Å². The molecular formula is C16H22N2O4S. The number of amides is 1. The quantitative estimate of drug-likeness (QED) is 0.820. The van der Waals surface area contributed by atoms with Crippen LogP contribution in [-0.2, 0) is 14.8 Å². The van der Waals surface area contributed by atoms with Gasteiger partial charge in [-0.3, -0.25) is 9.10 Å². The van der Waals surface area contributed by atoms with Gasteiger partial charge >= 0.3 is 0 Å². The Morgan fingerprint density at radius 1 is 1.22 bits per heavy atom. The Kier molecular flexibility index (Phi) is 4.23. The minimum Gasteiger partial charge on any atom is -0.478 e. The van der Waals surface area contributed by atoms with E-state index in [9.17, 15) is 13.2 Å². The maximum atomic E-state index is 12.6. The second-order valence-corrected chi connectivity index (χ2v) is 8.14. The van der Waals surface area contributed by atoms with Crippen molar-refractivity contribution < 1.29 is 17.9 Å². The number of carbonyl (C=O) groups is 1. The number of hydrogen-bond donors (Lipinski definition) is 0. The molecule has 0 unspecified atom stereocenters. The summed E-state index contributed by atoms with van der Waals surface area (Å²) >= 11 is 0. The lowest BCUT2D eigenvalue weighted by Crippen LogP contribution is -2.41. The van der Waals surface area contributed by atoms with E-state index in [1.165, 1.54) is 10.6 Å². The van der Waals surface area contributed by atoms with E-state index in [-0.39, 0.29) is 12.5 Å². The number of nitrogens with zero attached hydrogens (tertiary/aromatic N) is 2. The number of ether oxygens (including phenoxy) is 1. The molecule has 2 heterocycles. The molecule has 0 spiro atoms. The third kappa shape index (κ3) is 3.29. The van der Waals surface area contributed by atoms with Gasteiger partial charge in [-0.15, -0.1) is 0 Å². The Morgan fingerprint density at radius 3 is 2.57 bits per heavy atom. The second-order valence-electron chi connectivity index (χ2n) is 6.23. The molecule has 0 bridgehead atoms. The minimum absolute atomic E-state index is 0.0376. The van der Waals surface area contributed by atoms with Crippen molar-refractivity contribution >= 4 is 21.6 Å². The molecule has 126 valence electrons. The van der Waals surface area contributed by atoms with Crippen LogP contribution in [0.3, 0.4) is 0 Å². The summed E-state index contributed by atoms with van der Waals surface area (Å²) in [5.41, 5.74) is 1.47. The molecular weight excluding hydrogens is 316 g/mol. The van der Waals surface area contributed by atoms with Crippen molar-refractivity contribution in [1.29, 1.82) is 0 Å². The number of fused-ring (bicyclic) bond motifs is 1. The molecule has 6 nitrogen and oxygen atoms in total. The summed E-state index contributed by atoms with van der Waals surface area (Å²) in [7, 11) is -3.42. The average molecular weight is 338 g/mol. The molecule has 0 aliphatic carbocycles. The minimum atomic E-state index is -3.42. The molecule has 7 heteroatoms. The summed E-state index contributed by atoms with van der Waals surface area (Å²) in [6.45, 7) is 3.67. The van der Waals surface area contributed by atoms with Gasteiger partial charge in [-0.25, -0.2) is 8.42 Å². The predicted octanol–water partition coefficient (Wildman–Crippen LogP) is 1.53. The van der Waals surface area contributed by atoms with Crippen molar-refractivity contribution in [2.24, 2.45) is 0 Å². The molecule has 1 atom stereocenters. The van der Waals surface area contributed by atoms with Gasteiger partial charge in [0.15, 0.2) is 6.10 Å². The third-order valence-electron chi connectivity index (χ3n) is 4.34. The van der Waals surface area contributed by atoms with Crippen LogP contribution in [0.2, 0.25) is 0 Å². The molecule has 0 N–H and O–H groups in total. The lowest BCUT2D eigenvalue weighted by atomic mass is 10.2. The molecule has 1 fully saturated rings. The van der Waals surface area contributed by atoms with Gasteiger partial charge in [0.2, 0.25) is 10.0 Å². The molecule has 1 aromatic carbocycles. The topological polar surface area (TPSA) is 66.9 Å². The lowest BCUT2D eigenvalue weighted by Gasteiger charge is -2.22. The van der Waals surface area contributed by atoms with Gasteiger partial charge in [0, 0.05) is 26.1 Å². The average Bonchev–Trinajstić information content (AvgIpc) is 2.93. The Labute approximate surface area is 137 Å². The normalized spacial score (nSPS) is 21.6. The van der Waals surface area contributed by atoms with Crippen LogP contribution in [0.15, 0.2) is 18.2 Å². The number of carbonyl (C=O) groups excluding carboxylic acids is 1. The largest absolute Gasteiger partial charge is 0.478 e. The van der Waals surface area contributed by atoms with Crippen molar-refractivity contribution in [3.8, 4) is 5.75 Å². The maximum Gasteiger partial charge on any atom is 0.263 e. The molecule has 0 saturated carbocycles. The highest BCUT2D eigenvalue weighted by Crippen LogP contribution is 2.35. The summed E-state index contributed by atoms with van der Waals surface area (Å²) in [5, 5.41) is 0. The molecule has 2 aliphatic rings. The van der Waals surface area contributed by atoms with Crippen LogP contribution in [0.1, 0.15) is 24.8 Å². The van der Waals surface area contributed by atoms with Crippen molar-refractivity contribution in [3.63, 3.8) is 0 Å². The van der Waals surface area contributed by atoms with Crippen LogP contribution < -0.4 is 9.04 Å². The fourth-order valence-corrected chi connectivity index (χ4v) is 4.09. The SMILES string of the molecule is Cc1ccc2c(c1)N(S(C)(=O)=O)CC[C@H](C(=O)N1CCCC1)O2. The van der Waals surface area contributed by atoms with Crippen molar-refractivity contribution in [1.82, 2.24) is 4.90 Å². The first-order valence-electron chi connectivity index (χ1n) is 7.90. The van der Waals surface area contributed by atoms with E-state index in [1.807, 2.05) is 17.9 Å². The Hall–Kier alpha value is -1.76. The lowest BCUT2D eigenvalue weighted by molar-refractivity contribution is -0.137. The second kappa shape index (κ2) is 6.03. The van der Waals surface area contributed by atoms with E-state index < -0.39 is 16.1 Å². The van der Waals surface area contributed by atoms with Gasteiger partial charge in [-0.1, -0.05) is 6.07 Å². The summed E-state index contributed by atoms with van der Waals surface area (Å²) in [5.74, 6) is 0.417. The molecule has 23 heavy (non-hydrogen) atoms. The molecule has 1 saturated heterocycles. The number of benzene rings is 1. The van der Waals surface area contributed by atoms with Gasteiger partial charge in [-0.05, 0) is 37.5 Å². The van der Waals surface area contributed by atoms with Crippen LogP contribution in [-0.4, -0.2) is 51.2 Å². The number of hydrogen-bond acceptors (Lipinski definition) is 4. The zero-order valence-corrected chi connectivity index (χ0v) is 14.3. The number of rotatable bonds is 2. The first kappa shape index (κ1) is 16.1. The highest BCUT2D eigenvalue weighted by atomic mass is 32.2. The standard InChI is InChI=1S/C16H22N2O4S/c1-12-5-6-14-13(11-12)18(23(2,20)21)10-7-15(22-14)16(19)17-8-3-4-9-17/h5-6,11,15H,3-4,7-10H2,1-2H3/t15-/m1/s1. The van der Waals surface area contributed by atoms with Gasteiger partial charge < -0.3 is 9.64 Å². The maximum absolute atomic E-state index is 12.6. The predicted molar refractivity (Wildman–Crippen MR) is 88.2 cm³/mol. The van der Waals surface area contributed by atoms with Gasteiger partial charge in [0.25, 0.3) is 5.91 Å². The molecule has 1 amide bonds. The summed E-state index contributed by atoms with van der Waals surface area (Å²) in [6.07, 6.45) is 2.95. The molecule has 2 aliphatic heterocycles. The first-order valence-corrected chi connectivity index (χ1v) is 9.75. The molecule has 0 radical (unpaired) electrons. The summed E-state index contributed by atoms with van der Waals surface area (Å²) < 4.78 is 31.5. The van der Waals surface area contributed by atoms with E-state index in [1.54, 1.807) is 12.1 Å². The van der Waals surface area contributed by atoms with Gasteiger partial charge in [0.05, 0.1) is 11.9 Å². The summed E-state index contributed by atoms with van der Waals surface area (Å²) in [4.78, 5) is 14.4. The Balaban J connectivity index is 1.93. The van der Waals surface area contributed by atoms with E-state index in [0.29, 0.717) is 17.9 Å². The summed E-state index contributed by atoms with van der Waals surface area (Å²) in [6, 6.07) is 5.40. The van der Waals surface area contributed by atoms with Crippen LogP contribution in [0, 0.1) is 6.92 Å². The van der Waals surface area contributed by atoms with Crippen LogP contribution in [0.5, 0.6) is 5.75 Å². The molecule has 1 aromatic rings. The number of aryl methyl sites for hydroxylation is 1. The first-order chi connectivity index (χ1) is 10.9. The molecule has 3 rings (SSSR count). The van der Waals surface area contributed by atoms with Crippen LogP contribution in [0.25, 0.3) is 0 Å². The number of likely N-dealkylation sites (tertiary alicyclic amines) is 1. The van der Waals surface area contributed by atoms with Gasteiger partial charge in [0.1, 0.15) is 5.75 Å². The number of sulfonamides is 1. The van der Waals surface area contributed by atoms with Gasteiger partial charge in [-0.2, -0.15) is 0 Å². The fourth-order valence-electron chi connectivity index (χ4n) is 3.15. The van der Waals surface area contributed by atoms with E-state index in [0.717, 1.165) is 31.5 Å². The Bertz CT molecular complexity index is 711. The smallest absolute Gasteiger partial charge is 0.263 e. The van der Waals surface area contributed by atoms with E-state index >= 15 is 0 Å². The van der Waals surface area contributed by atoms with E-state index in [4.69, 9.17) is 4.74 Å².